The van der Waals surface area contributed by atoms with Crippen molar-refractivity contribution in [2.45, 2.75) is 58.5 Å². The summed E-state index contributed by atoms with van der Waals surface area (Å²) in [6.45, 7) is 7.64. The normalized spacial score (nSPS) is 14.3. The Morgan fingerprint density at radius 2 is 2.03 bits per heavy atom. The number of nitrogens with one attached hydrogen (secondary N) is 1. The molecular formula is C25H33ClN2O2. The first-order valence-electron chi connectivity index (χ1n) is 11.0. The van der Waals surface area contributed by atoms with E-state index in [0.717, 1.165) is 48.7 Å². The fourth-order valence-electron chi connectivity index (χ4n) is 3.85. The molecule has 0 atom stereocenters. The summed E-state index contributed by atoms with van der Waals surface area (Å²) in [5.74, 6) is 0.876. The zero-order valence-corrected chi connectivity index (χ0v) is 18.9. The summed E-state index contributed by atoms with van der Waals surface area (Å²) >= 11 is 6.16. The molecular weight excluding hydrogens is 396 g/mol. The molecule has 1 aliphatic rings. The Morgan fingerprint density at radius 1 is 1.20 bits per heavy atom. The highest BCUT2D eigenvalue weighted by molar-refractivity contribution is 6.31. The monoisotopic (exact) mass is 428 g/mol. The highest BCUT2D eigenvalue weighted by Gasteiger charge is 2.17. The van der Waals surface area contributed by atoms with Crippen molar-refractivity contribution in [3.8, 4) is 5.75 Å². The van der Waals surface area contributed by atoms with Gasteiger partial charge in [-0.1, -0.05) is 35.9 Å². The Labute approximate surface area is 185 Å². The summed E-state index contributed by atoms with van der Waals surface area (Å²) in [6.07, 6.45) is 4.41. The summed E-state index contributed by atoms with van der Waals surface area (Å²) in [6, 6.07) is 14.8. The highest BCUT2D eigenvalue weighted by Crippen LogP contribution is 2.24. The molecule has 2 aromatic rings. The van der Waals surface area contributed by atoms with E-state index in [2.05, 4.69) is 36.2 Å². The van der Waals surface area contributed by atoms with Crippen molar-refractivity contribution in [3.63, 3.8) is 0 Å². The number of amides is 1. The van der Waals surface area contributed by atoms with Crippen molar-refractivity contribution in [2.75, 3.05) is 19.7 Å². The van der Waals surface area contributed by atoms with Crippen LogP contribution in [0.25, 0.3) is 0 Å². The maximum atomic E-state index is 12.1. The number of hydrogen-bond acceptors (Lipinski definition) is 3. The maximum Gasteiger partial charge on any atom is 0.223 e. The number of aryl methyl sites for hydroxylation is 2. The van der Waals surface area contributed by atoms with Crippen LogP contribution in [0.5, 0.6) is 5.75 Å². The summed E-state index contributed by atoms with van der Waals surface area (Å²) in [5, 5.41) is 3.75. The summed E-state index contributed by atoms with van der Waals surface area (Å²) in [5.41, 5.74) is 3.89. The van der Waals surface area contributed by atoms with E-state index in [1.54, 1.807) is 0 Å². The van der Waals surface area contributed by atoms with Gasteiger partial charge in [0, 0.05) is 24.2 Å². The lowest BCUT2D eigenvalue weighted by Gasteiger charge is -2.24. The van der Waals surface area contributed by atoms with Gasteiger partial charge in [-0.15, -0.1) is 0 Å². The van der Waals surface area contributed by atoms with Crippen LogP contribution in [-0.4, -0.2) is 36.5 Å². The van der Waals surface area contributed by atoms with Crippen molar-refractivity contribution < 1.29 is 9.53 Å². The molecule has 4 nitrogen and oxygen atoms in total. The van der Waals surface area contributed by atoms with Gasteiger partial charge in [0.2, 0.25) is 5.91 Å². The van der Waals surface area contributed by atoms with Gasteiger partial charge in [0.25, 0.3) is 0 Å². The third kappa shape index (κ3) is 6.75. The molecule has 30 heavy (non-hydrogen) atoms. The van der Waals surface area contributed by atoms with Crippen molar-refractivity contribution in [1.82, 2.24) is 10.2 Å². The number of fused-ring (bicyclic) bond motifs is 1. The topological polar surface area (TPSA) is 41.6 Å². The van der Waals surface area contributed by atoms with Gasteiger partial charge in [-0.3, -0.25) is 9.69 Å². The third-order valence-corrected chi connectivity index (χ3v) is 6.04. The number of carbonyl (C=O) groups is 1. The Kier molecular flexibility index (Phi) is 8.59. The zero-order valence-electron chi connectivity index (χ0n) is 18.1. The van der Waals surface area contributed by atoms with Crippen LogP contribution in [0.3, 0.4) is 0 Å². The first-order chi connectivity index (χ1) is 14.5. The molecule has 1 amide bonds. The van der Waals surface area contributed by atoms with Gasteiger partial charge >= 0.3 is 0 Å². The first-order valence-corrected chi connectivity index (χ1v) is 11.4. The average Bonchev–Trinajstić information content (AvgIpc) is 2.94. The van der Waals surface area contributed by atoms with E-state index in [1.165, 1.54) is 17.5 Å². The van der Waals surface area contributed by atoms with Gasteiger partial charge in [0.1, 0.15) is 5.75 Å². The lowest BCUT2D eigenvalue weighted by molar-refractivity contribution is -0.121. The molecule has 5 heteroatoms. The van der Waals surface area contributed by atoms with Crippen molar-refractivity contribution in [1.29, 1.82) is 0 Å². The van der Waals surface area contributed by atoms with Gasteiger partial charge in [-0.25, -0.2) is 0 Å². The maximum absolute atomic E-state index is 12.1. The van der Waals surface area contributed by atoms with E-state index < -0.39 is 0 Å². The Hall–Kier alpha value is -2.04. The average molecular weight is 429 g/mol. The summed E-state index contributed by atoms with van der Waals surface area (Å²) in [4.78, 5) is 14.6. The Morgan fingerprint density at radius 3 is 2.83 bits per heavy atom. The molecule has 0 unspecified atom stereocenters. The standard InChI is InChI=1S/C25H33ClN2O2/c1-19(2)28-15-6-9-20-11-12-23(17-22(20)18-28)30-16-13-25(29)27-14-5-8-21-7-3-4-10-24(21)26/h3-4,7,10-12,17,19H,5-6,8-9,13-16,18H2,1-2H3,(H,27,29). The van der Waals surface area contributed by atoms with Crippen LogP contribution in [-0.2, 0) is 24.2 Å². The number of halogens is 1. The molecule has 0 spiro atoms. The lowest BCUT2D eigenvalue weighted by atomic mass is 10.0. The fraction of sp³-hybridized carbons (Fsp3) is 0.480. The minimum atomic E-state index is 0.0231. The first kappa shape index (κ1) is 22.6. The molecule has 0 saturated carbocycles. The number of nitrogens with zero attached hydrogens (tertiary/aromatic N) is 1. The van der Waals surface area contributed by atoms with Crippen LogP contribution < -0.4 is 10.1 Å². The number of hydrogen-bond donors (Lipinski definition) is 1. The number of benzene rings is 2. The Bertz CT molecular complexity index is 838. The number of carbonyl (C=O) groups excluding carboxylic acids is 1. The minimum absolute atomic E-state index is 0.0231. The molecule has 0 aliphatic carbocycles. The van der Waals surface area contributed by atoms with Crippen LogP contribution in [0.4, 0.5) is 0 Å². The molecule has 1 aliphatic heterocycles. The SMILES string of the molecule is CC(C)N1CCCc2ccc(OCCC(=O)NCCCc3ccccc3Cl)cc2C1. The molecule has 0 bridgehead atoms. The predicted molar refractivity (Wildman–Crippen MR) is 123 cm³/mol. The largest absolute Gasteiger partial charge is 0.493 e. The molecule has 1 N–H and O–H groups in total. The van der Waals surface area contributed by atoms with Crippen LogP contribution in [0.15, 0.2) is 42.5 Å². The molecule has 0 aromatic heterocycles. The van der Waals surface area contributed by atoms with Gasteiger partial charge in [-0.05, 0) is 81.0 Å². The molecule has 3 rings (SSSR count). The van der Waals surface area contributed by atoms with E-state index in [1.807, 2.05) is 30.3 Å². The van der Waals surface area contributed by atoms with Gasteiger partial charge in [-0.2, -0.15) is 0 Å². The van der Waals surface area contributed by atoms with E-state index in [9.17, 15) is 4.79 Å². The summed E-state index contributed by atoms with van der Waals surface area (Å²) in [7, 11) is 0. The molecule has 2 aromatic carbocycles. The van der Waals surface area contributed by atoms with E-state index in [-0.39, 0.29) is 5.91 Å². The van der Waals surface area contributed by atoms with Gasteiger partial charge < -0.3 is 10.1 Å². The zero-order chi connectivity index (χ0) is 21.3. The van der Waals surface area contributed by atoms with E-state index in [0.29, 0.717) is 25.6 Å². The van der Waals surface area contributed by atoms with Crippen molar-refractivity contribution in [3.05, 3.63) is 64.2 Å². The molecule has 0 saturated heterocycles. The smallest absolute Gasteiger partial charge is 0.223 e. The molecule has 0 radical (unpaired) electrons. The predicted octanol–water partition coefficient (Wildman–Crippen LogP) is 5.01. The number of rotatable bonds is 9. The second-order valence-electron chi connectivity index (χ2n) is 8.24. The molecule has 162 valence electrons. The molecule has 0 fully saturated rings. The second-order valence-corrected chi connectivity index (χ2v) is 8.65. The van der Waals surface area contributed by atoms with Crippen LogP contribution in [0, 0.1) is 0 Å². The number of ether oxygens (including phenoxy) is 1. The quantitative estimate of drug-likeness (QED) is 0.570. The highest BCUT2D eigenvalue weighted by atomic mass is 35.5. The minimum Gasteiger partial charge on any atom is -0.493 e. The Balaban J connectivity index is 1.38. The van der Waals surface area contributed by atoms with Crippen molar-refractivity contribution >= 4 is 17.5 Å². The van der Waals surface area contributed by atoms with Crippen LogP contribution >= 0.6 is 11.6 Å². The van der Waals surface area contributed by atoms with Crippen LogP contribution in [0.1, 0.15) is 49.8 Å². The fourth-order valence-corrected chi connectivity index (χ4v) is 4.08. The molecule has 1 heterocycles. The van der Waals surface area contributed by atoms with Crippen LogP contribution in [0.2, 0.25) is 5.02 Å². The second kappa shape index (κ2) is 11.4. The third-order valence-electron chi connectivity index (χ3n) is 5.67. The van der Waals surface area contributed by atoms with E-state index in [4.69, 9.17) is 16.3 Å². The van der Waals surface area contributed by atoms with Gasteiger partial charge in [0.15, 0.2) is 0 Å². The summed E-state index contributed by atoms with van der Waals surface area (Å²) < 4.78 is 5.87. The van der Waals surface area contributed by atoms with Gasteiger partial charge in [0.05, 0.1) is 13.0 Å². The lowest BCUT2D eigenvalue weighted by Crippen LogP contribution is -2.30. The van der Waals surface area contributed by atoms with E-state index >= 15 is 0 Å². The van der Waals surface area contributed by atoms with Crippen molar-refractivity contribution in [2.24, 2.45) is 0 Å².